The second kappa shape index (κ2) is 10.2. The van der Waals surface area contributed by atoms with E-state index < -0.39 is 16.7 Å². The lowest BCUT2D eigenvalue weighted by Crippen LogP contribution is -2.36. The summed E-state index contributed by atoms with van der Waals surface area (Å²) in [5, 5.41) is 20.9. The van der Waals surface area contributed by atoms with Gasteiger partial charge in [-0.1, -0.05) is 54.6 Å². The number of carbonyl (C=O) groups excluding carboxylic acids is 2. The Morgan fingerprint density at radius 2 is 1.62 bits per heavy atom. The number of nitro groups is 1. The number of rotatable bonds is 8. The Morgan fingerprint density at radius 1 is 0.912 bits per heavy atom. The maximum Gasteiger partial charge on any atom is 0.270 e. The van der Waals surface area contributed by atoms with E-state index in [0.717, 1.165) is 28.6 Å². The lowest BCUT2D eigenvalue weighted by molar-refractivity contribution is -0.384. The number of amides is 2. The average Bonchev–Trinajstić information content (AvgIpc) is 3.31. The van der Waals surface area contributed by atoms with Gasteiger partial charge in [-0.2, -0.15) is 5.10 Å². The van der Waals surface area contributed by atoms with E-state index in [-0.39, 0.29) is 24.3 Å². The van der Waals surface area contributed by atoms with Crippen LogP contribution in [0, 0.1) is 10.1 Å². The van der Waals surface area contributed by atoms with Crippen LogP contribution in [0.4, 0.5) is 5.69 Å². The summed E-state index contributed by atoms with van der Waals surface area (Å²) < 4.78 is 1.76. The highest BCUT2D eigenvalue weighted by atomic mass is 16.6. The van der Waals surface area contributed by atoms with Crippen LogP contribution in [0.3, 0.4) is 0 Å². The van der Waals surface area contributed by atoms with E-state index >= 15 is 0 Å². The van der Waals surface area contributed by atoms with Gasteiger partial charge in [-0.25, -0.2) is 4.68 Å². The second-order valence-electron chi connectivity index (χ2n) is 7.42. The molecule has 9 heteroatoms. The number of benzene rings is 3. The molecule has 0 aliphatic carbocycles. The zero-order valence-electron chi connectivity index (χ0n) is 18.0. The van der Waals surface area contributed by atoms with E-state index in [1.54, 1.807) is 4.68 Å². The molecule has 0 radical (unpaired) electrons. The molecule has 4 rings (SSSR count). The molecule has 0 aliphatic rings. The first-order chi connectivity index (χ1) is 16.5. The summed E-state index contributed by atoms with van der Waals surface area (Å²) in [5.41, 5.74) is 3.28. The fraction of sp³-hybridized carbons (Fsp3) is 0.0800. The highest BCUT2D eigenvalue weighted by Gasteiger charge is 2.15. The van der Waals surface area contributed by atoms with Crippen LogP contribution in [0.2, 0.25) is 0 Å². The lowest BCUT2D eigenvalue weighted by atomic mass is 10.1. The van der Waals surface area contributed by atoms with Crippen LogP contribution in [0.25, 0.3) is 16.9 Å². The average molecular weight is 455 g/mol. The monoisotopic (exact) mass is 455 g/mol. The van der Waals surface area contributed by atoms with Crippen LogP contribution in [0.15, 0.2) is 91.1 Å². The molecule has 1 heterocycles. The third-order valence-corrected chi connectivity index (χ3v) is 5.06. The molecule has 2 amide bonds. The van der Waals surface area contributed by atoms with Gasteiger partial charge in [0.2, 0.25) is 5.91 Å². The Kier molecular flexibility index (Phi) is 6.73. The molecule has 0 saturated carbocycles. The number of nitro benzene ring substituents is 1. The fourth-order valence-electron chi connectivity index (χ4n) is 3.37. The molecule has 0 unspecified atom stereocenters. The standard InChI is InChI=1S/C25H21N5O4/c31-23(16-27-25(32)19-10-7-13-22(14-19)30(33)34)26-15-20-17-29(21-11-5-2-6-12-21)28-24(20)18-8-3-1-4-9-18/h1-14,17H,15-16H2,(H,26,31)(H,27,32). The van der Waals surface area contributed by atoms with Crippen LogP contribution in [0.1, 0.15) is 15.9 Å². The van der Waals surface area contributed by atoms with Gasteiger partial charge in [0.15, 0.2) is 0 Å². The molecule has 4 aromatic rings. The largest absolute Gasteiger partial charge is 0.350 e. The number of aromatic nitrogens is 2. The zero-order chi connectivity index (χ0) is 23.9. The van der Waals surface area contributed by atoms with Crippen molar-refractivity contribution in [2.45, 2.75) is 6.54 Å². The topological polar surface area (TPSA) is 119 Å². The summed E-state index contributed by atoms with van der Waals surface area (Å²) in [6, 6.07) is 24.6. The summed E-state index contributed by atoms with van der Waals surface area (Å²) >= 11 is 0. The van der Waals surface area contributed by atoms with Gasteiger partial charge in [0, 0.05) is 41.6 Å². The van der Waals surface area contributed by atoms with Crippen LogP contribution >= 0.6 is 0 Å². The second-order valence-corrected chi connectivity index (χ2v) is 7.42. The van der Waals surface area contributed by atoms with Gasteiger partial charge in [0.1, 0.15) is 0 Å². The van der Waals surface area contributed by atoms with E-state index in [9.17, 15) is 19.7 Å². The smallest absolute Gasteiger partial charge is 0.270 e. The maximum atomic E-state index is 12.4. The molecular weight excluding hydrogens is 434 g/mol. The van der Waals surface area contributed by atoms with Gasteiger partial charge in [0.05, 0.1) is 22.8 Å². The zero-order valence-corrected chi connectivity index (χ0v) is 18.0. The first-order valence-electron chi connectivity index (χ1n) is 10.5. The SMILES string of the molecule is O=C(CNC(=O)c1cccc([N+](=O)[O-])c1)NCc1cn(-c2ccccc2)nc1-c1ccccc1. The Balaban J connectivity index is 1.43. The van der Waals surface area contributed by atoms with Gasteiger partial charge in [0.25, 0.3) is 11.6 Å². The molecule has 0 spiro atoms. The molecule has 0 aliphatic heterocycles. The van der Waals surface area contributed by atoms with Crippen molar-refractivity contribution in [1.82, 2.24) is 20.4 Å². The summed E-state index contributed by atoms with van der Waals surface area (Å²) in [7, 11) is 0. The molecule has 2 N–H and O–H groups in total. The van der Waals surface area contributed by atoms with Crippen molar-refractivity contribution >= 4 is 17.5 Å². The number of hydrogen-bond acceptors (Lipinski definition) is 5. The summed E-state index contributed by atoms with van der Waals surface area (Å²) in [6.07, 6.45) is 1.86. The van der Waals surface area contributed by atoms with Crippen molar-refractivity contribution in [3.8, 4) is 16.9 Å². The number of nitrogens with one attached hydrogen (secondary N) is 2. The summed E-state index contributed by atoms with van der Waals surface area (Å²) in [5.74, 6) is -0.967. The molecule has 170 valence electrons. The molecule has 3 aromatic carbocycles. The number of nitrogens with zero attached hydrogens (tertiary/aromatic N) is 3. The summed E-state index contributed by atoms with van der Waals surface area (Å²) in [6.45, 7) is -0.0579. The Morgan fingerprint density at radius 3 is 2.32 bits per heavy atom. The number of para-hydroxylation sites is 1. The van der Waals surface area contributed by atoms with Crippen molar-refractivity contribution in [3.63, 3.8) is 0 Å². The molecule has 0 saturated heterocycles. The Labute approximate surface area is 195 Å². The third-order valence-electron chi connectivity index (χ3n) is 5.06. The Hall–Kier alpha value is -4.79. The predicted molar refractivity (Wildman–Crippen MR) is 126 cm³/mol. The van der Waals surface area contributed by atoms with E-state index in [4.69, 9.17) is 5.10 Å². The minimum absolute atomic E-state index is 0.109. The molecule has 1 aromatic heterocycles. The molecule has 0 atom stereocenters. The number of carbonyl (C=O) groups is 2. The maximum absolute atomic E-state index is 12.4. The van der Waals surface area contributed by atoms with Gasteiger partial charge in [-0.15, -0.1) is 0 Å². The number of hydrogen-bond donors (Lipinski definition) is 2. The first-order valence-corrected chi connectivity index (χ1v) is 10.5. The van der Waals surface area contributed by atoms with Crippen LogP contribution in [-0.2, 0) is 11.3 Å². The van der Waals surface area contributed by atoms with E-state index in [0.29, 0.717) is 0 Å². The van der Waals surface area contributed by atoms with Crippen molar-refractivity contribution < 1.29 is 14.5 Å². The van der Waals surface area contributed by atoms with Crippen LogP contribution in [0.5, 0.6) is 0 Å². The van der Waals surface area contributed by atoms with Crippen molar-refractivity contribution in [1.29, 1.82) is 0 Å². The third kappa shape index (κ3) is 5.33. The lowest BCUT2D eigenvalue weighted by Gasteiger charge is -2.07. The van der Waals surface area contributed by atoms with Gasteiger partial charge >= 0.3 is 0 Å². The highest BCUT2D eigenvalue weighted by Crippen LogP contribution is 2.23. The van der Waals surface area contributed by atoms with E-state index in [1.165, 1.54) is 18.2 Å². The first kappa shape index (κ1) is 22.4. The van der Waals surface area contributed by atoms with Crippen molar-refractivity contribution in [2.75, 3.05) is 6.54 Å². The fourth-order valence-corrected chi connectivity index (χ4v) is 3.37. The molecule has 9 nitrogen and oxygen atoms in total. The van der Waals surface area contributed by atoms with Crippen molar-refractivity contribution in [2.24, 2.45) is 0 Å². The van der Waals surface area contributed by atoms with E-state index in [2.05, 4.69) is 10.6 Å². The highest BCUT2D eigenvalue weighted by molar-refractivity contribution is 5.96. The molecule has 0 bridgehead atoms. The molecule has 34 heavy (non-hydrogen) atoms. The quantitative estimate of drug-likeness (QED) is 0.311. The predicted octanol–water partition coefficient (Wildman–Crippen LogP) is 3.49. The minimum Gasteiger partial charge on any atom is -0.350 e. The number of non-ortho nitro benzene ring substituents is 1. The van der Waals surface area contributed by atoms with Gasteiger partial charge in [-0.05, 0) is 18.2 Å². The van der Waals surface area contributed by atoms with E-state index in [1.807, 2.05) is 66.9 Å². The summed E-state index contributed by atoms with van der Waals surface area (Å²) in [4.78, 5) is 35.0. The Bertz CT molecular complexity index is 1320. The van der Waals surface area contributed by atoms with Crippen LogP contribution in [-0.4, -0.2) is 33.1 Å². The normalized spacial score (nSPS) is 10.5. The molecule has 0 fully saturated rings. The van der Waals surface area contributed by atoms with Crippen LogP contribution < -0.4 is 10.6 Å². The van der Waals surface area contributed by atoms with Gasteiger partial charge < -0.3 is 10.6 Å². The van der Waals surface area contributed by atoms with Crippen molar-refractivity contribution in [3.05, 3.63) is 112 Å². The van der Waals surface area contributed by atoms with Gasteiger partial charge in [-0.3, -0.25) is 19.7 Å². The minimum atomic E-state index is -0.580. The molecular formula is C25H21N5O4.